The van der Waals surface area contributed by atoms with Crippen molar-refractivity contribution in [3.63, 3.8) is 0 Å². The van der Waals surface area contributed by atoms with Crippen LogP contribution in [0.15, 0.2) is 24.4 Å². The average Bonchev–Trinajstić information content (AvgIpc) is 2.67. The lowest BCUT2D eigenvalue weighted by atomic mass is 10.2. The zero-order valence-electron chi connectivity index (χ0n) is 10.4. The molecule has 2 aromatic rings. The van der Waals surface area contributed by atoms with E-state index in [1.807, 2.05) is 25.3 Å². The lowest BCUT2D eigenvalue weighted by Gasteiger charge is -2.02. The van der Waals surface area contributed by atoms with Gasteiger partial charge in [0.15, 0.2) is 0 Å². The Balaban J connectivity index is 2.33. The number of benzene rings is 1. The number of aromatic nitrogens is 2. The van der Waals surface area contributed by atoms with Crippen molar-refractivity contribution in [2.75, 3.05) is 6.54 Å². The molecule has 0 fully saturated rings. The van der Waals surface area contributed by atoms with Gasteiger partial charge in [-0.1, -0.05) is 30.1 Å². The number of halogens is 2. The van der Waals surface area contributed by atoms with E-state index in [4.69, 9.17) is 23.2 Å². The second-order valence-corrected chi connectivity index (χ2v) is 4.97. The molecule has 96 valence electrons. The quantitative estimate of drug-likeness (QED) is 0.929. The van der Waals surface area contributed by atoms with Crippen LogP contribution < -0.4 is 5.32 Å². The summed E-state index contributed by atoms with van der Waals surface area (Å²) in [7, 11) is 0. The van der Waals surface area contributed by atoms with Crippen LogP contribution in [0.4, 0.5) is 0 Å². The summed E-state index contributed by atoms with van der Waals surface area (Å²) in [6, 6.07) is 5.40. The van der Waals surface area contributed by atoms with Gasteiger partial charge in [-0.05, 0) is 31.7 Å². The van der Waals surface area contributed by atoms with Gasteiger partial charge in [0.25, 0.3) is 0 Å². The van der Waals surface area contributed by atoms with Gasteiger partial charge in [-0.15, -0.1) is 0 Å². The number of nitrogens with one attached hydrogen (secondary N) is 1. The molecular formula is C13H15Cl2N3. The van der Waals surface area contributed by atoms with Gasteiger partial charge in [0.05, 0.1) is 11.4 Å². The standard InChI is InChI=1S/C13H15Cl2N3/c1-3-16-7-10-8-18(17-9(10)2)13-5-11(14)4-12(15)6-13/h4-6,8,16H,3,7H2,1-2H3. The summed E-state index contributed by atoms with van der Waals surface area (Å²) >= 11 is 12.0. The molecule has 0 spiro atoms. The molecule has 3 nitrogen and oxygen atoms in total. The summed E-state index contributed by atoms with van der Waals surface area (Å²) in [5, 5.41) is 8.98. The number of rotatable bonds is 4. The Morgan fingerprint density at radius 2 is 1.89 bits per heavy atom. The van der Waals surface area contributed by atoms with Crippen LogP contribution in [-0.2, 0) is 6.54 Å². The molecular weight excluding hydrogens is 269 g/mol. The second-order valence-electron chi connectivity index (χ2n) is 4.09. The van der Waals surface area contributed by atoms with Gasteiger partial charge in [0, 0.05) is 28.4 Å². The minimum absolute atomic E-state index is 0.610. The molecule has 0 amide bonds. The van der Waals surface area contributed by atoms with Crippen molar-refractivity contribution in [1.29, 1.82) is 0 Å². The van der Waals surface area contributed by atoms with Crippen molar-refractivity contribution in [3.05, 3.63) is 45.7 Å². The SMILES string of the molecule is CCNCc1cn(-c2cc(Cl)cc(Cl)c2)nc1C. The molecule has 1 aromatic heterocycles. The number of nitrogens with zero attached hydrogens (tertiary/aromatic N) is 2. The predicted octanol–water partition coefficient (Wildman–Crippen LogP) is 3.60. The number of hydrogen-bond acceptors (Lipinski definition) is 2. The number of hydrogen-bond donors (Lipinski definition) is 1. The second kappa shape index (κ2) is 5.74. The Morgan fingerprint density at radius 3 is 2.50 bits per heavy atom. The highest BCUT2D eigenvalue weighted by atomic mass is 35.5. The van der Waals surface area contributed by atoms with Crippen molar-refractivity contribution in [1.82, 2.24) is 15.1 Å². The maximum absolute atomic E-state index is 5.99. The molecule has 0 aliphatic carbocycles. The molecule has 18 heavy (non-hydrogen) atoms. The summed E-state index contributed by atoms with van der Waals surface area (Å²) in [5.74, 6) is 0. The van der Waals surface area contributed by atoms with E-state index in [1.165, 1.54) is 5.56 Å². The topological polar surface area (TPSA) is 29.9 Å². The van der Waals surface area contributed by atoms with E-state index in [0.29, 0.717) is 10.0 Å². The van der Waals surface area contributed by atoms with Gasteiger partial charge < -0.3 is 5.32 Å². The first-order valence-electron chi connectivity index (χ1n) is 5.82. The van der Waals surface area contributed by atoms with Crippen LogP contribution >= 0.6 is 23.2 Å². The maximum Gasteiger partial charge on any atom is 0.0675 e. The lowest BCUT2D eigenvalue weighted by molar-refractivity contribution is 0.723. The van der Waals surface area contributed by atoms with Crippen molar-refractivity contribution in [3.8, 4) is 5.69 Å². The normalized spacial score (nSPS) is 10.9. The van der Waals surface area contributed by atoms with E-state index in [2.05, 4.69) is 17.3 Å². The van der Waals surface area contributed by atoms with E-state index >= 15 is 0 Å². The highest BCUT2D eigenvalue weighted by Crippen LogP contribution is 2.22. The zero-order chi connectivity index (χ0) is 13.1. The van der Waals surface area contributed by atoms with Crippen LogP contribution in [-0.4, -0.2) is 16.3 Å². The summed E-state index contributed by atoms with van der Waals surface area (Å²) in [4.78, 5) is 0. The van der Waals surface area contributed by atoms with E-state index in [1.54, 1.807) is 10.7 Å². The molecule has 0 aliphatic heterocycles. The van der Waals surface area contributed by atoms with Gasteiger partial charge in [0.1, 0.15) is 0 Å². The Bertz CT molecular complexity index is 529. The smallest absolute Gasteiger partial charge is 0.0675 e. The fourth-order valence-corrected chi connectivity index (χ4v) is 2.25. The van der Waals surface area contributed by atoms with Gasteiger partial charge >= 0.3 is 0 Å². The Labute approximate surface area is 117 Å². The molecule has 1 heterocycles. The first-order valence-corrected chi connectivity index (χ1v) is 6.58. The van der Waals surface area contributed by atoms with E-state index in [0.717, 1.165) is 24.5 Å². The number of aryl methyl sites for hydroxylation is 1. The van der Waals surface area contributed by atoms with Gasteiger partial charge in [-0.3, -0.25) is 0 Å². The fourth-order valence-electron chi connectivity index (χ4n) is 1.73. The van der Waals surface area contributed by atoms with Gasteiger partial charge in [0.2, 0.25) is 0 Å². The summed E-state index contributed by atoms with van der Waals surface area (Å²) in [5.41, 5.74) is 3.05. The molecule has 1 aromatic carbocycles. The molecule has 0 aliphatic rings. The molecule has 0 unspecified atom stereocenters. The van der Waals surface area contributed by atoms with Crippen molar-refractivity contribution >= 4 is 23.2 Å². The average molecular weight is 284 g/mol. The van der Waals surface area contributed by atoms with Crippen LogP contribution in [0.25, 0.3) is 5.69 Å². The first-order chi connectivity index (χ1) is 8.60. The van der Waals surface area contributed by atoms with Crippen LogP contribution in [0.2, 0.25) is 10.0 Å². The minimum atomic E-state index is 0.610. The molecule has 0 bridgehead atoms. The lowest BCUT2D eigenvalue weighted by Crippen LogP contribution is -2.11. The zero-order valence-corrected chi connectivity index (χ0v) is 11.9. The van der Waals surface area contributed by atoms with E-state index in [-0.39, 0.29) is 0 Å². The minimum Gasteiger partial charge on any atom is -0.313 e. The Hall–Kier alpha value is -1.03. The predicted molar refractivity (Wildman–Crippen MR) is 75.7 cm³/mol. The Kier molecular flexibility index (Phi) is 4.27. The van der Waals surface area contributed by atoms with Gasteiger partial charge in [-0.25, -0.2) is 4.68 Å². The molecule has 2 rings (SSSR count). The van der Waals surface area contributed by atoms with Crippen LogP contribution in [0.5, 0.6) is 0 Å². The maximum atomic E-state index is 5.99. The highest BCUT2D eigenvalue weighted by Gasteiger charge is 2.07. The highest BCUT2D eigenvalue weighted by molar-refractivity contribution is 6.34. The van der Waals surface area contributed by atoms with Crippen LogP contribution in [0.3, 0.4) is 0 Å². The van der Waals surface area contributed by atoms with Crippen LogP contribution in [0, 0.1) is 6.92 Å². The van der Waals surface area contributed by atoms with Crippen molar-refractivity contribution in [2.24, 2.45) is 0 Å². The molecule has 0 radical (unpaired) electrons. The fraction of sp³-hybridized carbons (Fsp3) is 0.308. The third-order valence-electron chi connectivity index (χ3n) is 2.68. The monoisotopic (exact) mass is 283 g/mol. The molecule has 0 atom stereocenters. The first kappa shape index (κ1) is 13.4. The van der Waals surface area contributed by atoms with Gasteiger partial charge in [-0.2, -0.15) is 5.10 Å². The van der Waals surface area contributed by atoms with Crippen molar-refractivity contribution < 1.29 is 0 Å². The van der Waals surface area contributed by atoms with Crippen molar-refractivity contribution in [2.45, 2.75) is 20.4 Å². The summed E-state index contributed by atoms with van der Waals surface area (Å²) in [6.45, 7) is 5.83. The third-order valence-corrected chi connectivity index (χ3v) is 3.11. The Morgan fingerprint density at radius 1 is 1.22 bits per heavy atom. The van der Waals surface area contributed by atoms with Crippen LogP contribution in [0.1, 0.15) is 18.2 Å². The third kappa shape index (κ3) is 3.05. The molecule has 0 saturated heterocycles. The molecule has 0 saturated carbocycles. The summed E-state index contributed by atoms with van der Waals surface area (Å²) < 4.78 is 1.81. The van der Waals surface area contributed by atoms with E-state index < -0.39 is 0 Å². The molecule has 1 N–H and O–H groups in total. The largest absolute Gasteiger partial charge is 0.313 e. The van der Waals surface area contributed by atoms with E-state index in [9.17, 15) is 0 Å². The molecule has 5 heteroatoms. The summed E-state index contributed by atoms with van der Waals surface area (Å²) in [6.07, 6.45) is 2.00.